The van der Waals surface area contributed by atoms with Crippen molar-refractivity contribution in [2.45, 2.75) is 101 Å². The van der Waals surface area contributed by atoms with Crippen LogP contribution in [0.1, 0.15) is 67.2 Å². The van der Waals surface area contributed by atoms with Gasteiger partial charge in [-0.15, -0.1) is 6.58 Å². The molecular weight excluding hydrogens is 678 g/mol. The lowest BCUT2D eigenvalue weighted by Crippen LogP contribution is -2.60. The molecule has 2 saturated heterocycles. The van der Waals surface area contributed by atoms with Gasteiger partial charge in [-0.2, -0.15) is 0 Å². The van der Waals surface area contributed by atoms with Crippen LogP contribution in [0.4, 0.5) is 4.79 Å². The van der Waals surface area contributed by atoms with Crippen molar-refractivity contribution >= 4 is 33.8 Å². The molecular formula is C36H55N5O9S. The lowest BCUT2D eigenvalue weighted by atomic mass is 9.74. The highest BCUT2D eigenvalue weighted by molar-refractivity contribution is 7.91. The zero-order valence-corrected chi connectivity index (χ0v) is 31.5. The predicted molar refractivity (Wildman–Crippen MR) is 189 cm³/mol. The number of ether oxygens (including phenoxy) is 2. The first kappa shape index (κ1) is 38.9. The fourth-order valence-corrected chi connectivity index (χ4v) is 8.73. The highest BCUT2D eigenvalue weighted by Gasteiger charge is 2.63. The first-order valence-corrected chi connectivity index (χ1v) is 19.4. The summed E-state index contributed by atoms with van der Waals surface area (Å²) in [4.78, 5) is 59.1. The van der Waals surface area contributed by atoms with Crippen molar-refractivity contribution in [1.29, 1.82) is 0 Å². The summed E-state index contributed by atoms with van der Waals surface area (Å²) in [5.74, 6) is -3.34. The minimum Gasteiger partial charge on any atom is -0.444 e. The molecule has 5 aliphatic rings. The summed E-state index contributed by atoms with van der Waals surface area (Å²) in [6, 6.07) is -2.41. The molecule has 0 aromatic carbocycles. The van der Waals surface area contributed by atoms with Gasteiger partial charge in [0.05, 0.1) is 30.6 Å². The molecule has 284 valence electrons. The first-order chi connectivity index (χ1) is 23.7. The highest BCUT2D eigenvalue weighted by atomic mass is 32.2. The summed E-state index contributed by atoms with van der Waals surface area (Å²) in [6.45, 7) is 17.3. The second-order valence-electron chi connectivity index (χ2n) is 16.8. The van der Waals surface area contributed by atoms with Gasteiger partial charge < -0.3 is 30.1 Å². The molecule has 0 spiro atoms. The number of aliphatic hydroxyl groups is 1. The van der Waals surface area contributed by atoms with Gasteiger partial charge in [0.15, 0.2) is 0 Å². The number of hydrogen-bond donors (Lipinski definition) is 4. The van der Waals surface area contributed by atoms with Crippen LogP contribution >= 0.6 is 0 Å². The number of rotatable bonds is 11. The van der Waals surface area contributed by atoms with Gasteiger partial charge in [-0.25, -0.2) is 13.2 Å². The molecule has 2 heterocycles. The van der Waals surface area contributed by atoms with Gasteiger partial charge in [-0.05, 0) is 51.4 Å². The van der Waals surface area contributed by atoms with Crippen molar-refractivity contribution in [1.82, 2.24) is 25.2 Å². The summed E-state index contributed by atoms with van der Waals surface area (Å²) in [6.07, 6.45) is 9.26. The number of nitrogens with zero attached hydrogens (tertiary/aromatic N) is 2. The van der Waals surface area contributed by atoms with Gasteiger partial charge in [-0.3, -0.25) is 24.0 Å². The minimum atomic E-state index is -3.91. The number of allylic oxidation sites excluding steroid dienone is 2. The monoisotopic (exact) mass is 733 g/mol. The maximum atomic E-state index is 14.6. The van der Waals surface area contributed by atoms with E-state index in [2.05, 4.69) is 26.8 Å². The van der Waals surface area contributed by atoms with E-state index in [-0.39, 0.29) is 25.3 Å². The van der Waals surface area contributed by atoms with Crippen molar-refractivity contribution in [2.24, 2.45) is 23.2 Å². The Bertz CT molecular complexity index is 1560. The summed E-state index contributed by atoms with van der Waals surface area (Å²) in [7, 11) is -3.91. The highest BCUT2D eigenvalue weighted by Crippen LogP contribution is 2.47. The Morgan fingerprint density at radius 1 is 1.06 bits per heavy atom. The SMILES string of the molecule is C=C[C@@H]1C[C@]1(NC(=O)[C@@H]1C[C@@](O)(C2C=CC=CC2CN2CCOCC2)CN1C(=O)[C@@H](NC(=O)OC(C)(C)C)C(C)(C)C)C(=O)NS(=O)(=O)C1CC1. The molecule has 5 rings (SSSR count). The quantitative estimate of drug-likeness (QED) is 0.228. The van der Waals surface area contributed by atoms with Gasteiger partial charge in [0.2, 0.25) is 21.8 Å². The number of hydrogen-bond acceptors (Lipinski definition) is 10. The molecule has 2 saturated carbocycles. The molecule has 4 amide bonds. The third-order valence-electron chi connectivity index (χ3n) is 10.4. The van der Waals surface area contributed by atoms with E-state index in [1.54, 1.807) is 41.5 Å². The standard InChI is InChI=1S/C36H55N5O9S/c1-8-24-19-36(24,31(44)39-51(47,48)25-13-14-25)38-29(42)27-20-35(46,26-12-10-9-11-23(26)21-40-15-17-49-18-16-40)22-41(27)30(43)28(33(2,3)4)37-32(45)50-34(5,6)7/h8-12,23-28,46H,1,13-22H2,2-7H3,(H,37,45)(H,38,42)(H,39,44)/t23?,24-,26?,27+,28-,35+,36-/m1/s1. The molecule has 51 heavy (non-hydrogen) atoms. The molecule has 0 aromatic rings. The molecule has 7 atom stereocenters. The van der Waals surface area contributed by atoms with E-state index in [1.807, 2.05) is 24.3 Å². The van der Waals surface area contributed by atoms with Crippen LogP contribution < -0.4 is 15.4 Å². The van der Waals surface area contributed by atoms with Gasteiger partial charge in [0.1, 0.15) is 23.2 Å². The van der Waals surface area contributed by atoms with E-state index >= 15 is 0 Å². The number of amides is 4. The lowest BCUT2D eigenvalue weighted by molar-refractivity contribution is -0.143. The molecule has 4 fully saturated rings. The van der Waals surface area contributed by atoms with E-state index in [0.29, 0.717) is 32.6 Å². The Balaban J connectivity index is 1.45. The number of carbonyl (C=O) groups is 4. The average molecular weight is 734 g/mol. The Morgan fingerprint density at radius 2 is 1.71 bits per heavy atom. The summed E-state index contributed by atoms with van der Waals surface area (Å²) >= 11 is 0. The number of carbonyl (C=O) groups excluding carboxylic acids is 4. The molecule has 0 bridgehead atoms. The van der Waals surface area contributed by atoms with Crippen LogP contribution in [0.3, 0.4) is 0 Å². The minimum absolute atomic E-state index is 0.127. The van der Waals surface area contributed by atoms with Crippen LogP contribution in [0.25, 0.3) is 0 Å². The Kier molecular flexibility index (Phi) is 10.9. The largest absolute Gasteiger partial charge is 0.444 e. The van der Waals surface area contributed by atoms with E-state index in [1.165, 1.54) is 11.0 Å². The zero-order chi connectivity index (χ0) is 37.6. The van der Waals surface area contributed by atoms with E-state index < -0.39 is 85.2 Å². The summed E-state index contributed by atoms with van der Waals surface area (Å²) in [5.41, 5.74) is -4.84. The molecule has 14 nitrogen and oxygen atoms in total. The van der Waals surface area contributed by atoms with E-state index in [4.69, 9.17) is 9.47 Å². The Labute approximate surface area is 301 Å². The topological polar surface area (TPSA) is 184 Å². The fraction of sp³-hybridized carbons (Fsp3) is 0.722. The maximum Gasteiger partial charge on any atom is 0.408 e. The number of sulfonamides is 1. The Morgan fingerprint density at radius 3 is 2.27 bits per heavy atom. The van der Waals surface area contributed by atoms with Gasteiger partial charge in [0.25, 0.3) is 5.91 Å². The third kappa shape index (κ3) is 8.86. The normalized spacial score (nSPS) is 31.8. The van der Waals surface area contributed by atoms with Crippen LogP contribution in [-0.2, 0) is 33.9 Å². The number of morpholine rings is 1. The molecule has 2 unspecified atom stereocenters. The molecule has 15 heteroatoms. The van der Waals surface area contributed by atoms with Gasteiger partial charge in [0, 0.05) is 37.9 Å². The number of alkyl carbamates (subject to hydrolysis) is 1. The predicted octanol–water partition coefficient (Wildman–Crippen LogP) is 1.62. The molecule has 3 aliphatic carbocycles. The van der Waals surface area contributed by atoms with Crippen molar-refractivity contribution in [3.8, 4) is 0 Å². The zero-order valence-electron chi connectivity index (χ0n) is 30.6. The van der Waals surface area contributed by atoms with Crippen molar-refractivity contribution in [3.05, 3.63) is 37.0 Å². The summed E-state index contributed by atoms with van der Waals surface area (Å²) < 4.78 is 38.6. The second-order valence-corrected chi connectivity index (χ2v) is 18.8. The van der Waals surface area contributed by atoms with E-state index in [9.17, 15) is 32.7 Å². The average Bonchev–Trinajstić information content (AvgIpc) is 3.96. The van der Waals surface area contributed by atoms with Crippen LogP contribution in [0.2, 0.25) is 0 Å². The van der Waals surface area contributed by atoms with Gasteiger partial charge >= 0.3 is 6.09 Å². The molecule has 0 aromatic heterocycles. The van der Waals surface area contributed by atoms with Crippen LogP contribution in [0.5, 0.6) is 0 Å². The summed E-state index contributed by atoms with van der Waals surface area (Å²) in [5, 5.41) is 17.4. The lowest BCUT2D eigenvalue weighted by Gasteiger charge is -2.40. The van der Waals surface area contributed by atoms with Crippen LogP contribution in [-0.4, -0.2) is 121 Å². The molecule has 0 radical (unpaired) electrons. The maximum absolute atomic E-state index is 14.6. The number of likely N-dealkylation sites (tertiary alicyclic amines) is 1. The molecule has 2 aliphatic heterocycles. The first-order valence-electron chi connectivity index (χ1n) is 17.9. The van der Waals surface area contributed by atoms with Crippen LogP contribution in [0, 0.1) is 23.2 Å². The number of nitrogens with one attached hydrogen (secondary N) is 3. The van der Waals surface area contributed by atoms with Gasteiger partial charge in [-0.1, -0.05) is 51.2 Å². The second kappa shape index (κ2) is 14.3. The van der Waals surface area contributed by atoms with Crippen LogP contribution in [0.15, 0.2) is 37.0 Å². The van der Waals surface area contributed by atoms with Crippen molar-refractivity contribution in [2.75, 3.05) is 39.4 Å². The molecule has 4 N–H and O–H groups in total. The smallest absolute Gasteiger partial charge is 0.408 e. The number of β-amino-alcohol motifs (C(OH)–C–C–N with tert-alkyl or cyclic N) is 1. The van der Waals surface area contributed by atoms with Crippen molar-refractivity contribution < 1.29 is 42.2 Å². The van der Waals surface area contributed by atoms with Crippen molar-refractivity contribution in [3.63, 3.8) is 0 Å². The third-order valence-corrected chi connectivity index (χ3v) is 12.2. The Hall–Kier alpha value is -3.27. The van der Waals surface area contributed by atoms with E-state index in [0.717, 1.165) is 13.1 Å². The fourth-order valence-electron chi connectivity index (χ4n) is 7.37.